The number of nitrogens with one attached hydrogen (secondary N) is 2. The Kier molecular flexibility index (Phi) is 3.32. The number of aromatic amines is 1. The minimum Gasteiger partial charge on any atom is -0.477 e. The molecule has 4 aromatic rings. The zero-order chi connectivity index (χ0) is 16.7. The SMILES string of the molecule is O=C(O)c1cc2cc(NC(=O)c3cc4ccccc4s3)ccc2[nH]1. The van der Waals surface area contributed by atoms with E-state index in [4.69, 9.17) is 5.11 Å². The predicted octanol–water partition coefficient (Wildman–Crippen LogP) is 4.33. The molecule has 0 aliphatic heterocycles. The number of hydrogen-bond acceptors (Lipinski definition) is 3. The van der Waals surface area contributed by atoms with Crippen LogP contribution in [0.2, 0.25) is 0 Å². The van der Waals surface area contributed by atoms with E-state index in [2.05, 4.69) is 10.3 Å². The van der Waals surface area contributed by atoms with Gasteiger partial charge in [-0.3, -0.25) is 4.79 Å². The molecule has 0 aliphatic rings. The van der Waals surface area contributed by atoms with E-state index in [0.29, 0.717) is 16.1 Å². The van der Waals surface area contributed by atoms with Gasteiger partial charge in [-0.2, -0.15) is 0 Å². The number of carboxylic acids is 1. The molecule has 0 saturated carbocycles. The van der Waals surface area contributed by atoms with Crippen molar-refractivity contribution in [2.45, 2.75) is 0 Å². The highest BCUT2D eigenvalue weighted by Crippen LogP contribution is 2.26. The maximum absolute atomic E-state index is 12.4. The molecular weight excluding hydrogens is 324 g/mol. The zero-order valence-electron chi connectivity index (χ0n) is 12.4. The van der Waals surface area contributed by atoms with Crippen LogP contribution in [0, 0.1) is 0 Å². The largest absolute Gasteiger partial charge is 0.477 e. The Balaban J connectivity index is 1.62. The zero-order valence-corrected chi connectivity index (χ0v) is 13.2. The number of fused-ring (bicyclic) bond motifs is 2. The van der Waals surface area contributed by atoms with E-state index in [1.807, 2.05) is 30.3 Å². The summed E-state index contributed by atoms with van der Waals surface area (Å²) < 4.78 is 1.06. The highest BCUT2D eigenvalue weighted by molar-refractivity contribution is 7.20. The molecule has 6 heteroatoms. The molecule has 4 rings (SSSR count). The van der Waals surface area contributed by atoms with Crippen LogP contribution in [0.4, 0.5) is 5.69 Å². The summed E-state index contributed by atoms with van der Waals surface area (Å²) in [6, 6.07) is 16.5. The van der Waals surface area contributed by atoms with Gasteiger partial charge in [0.15, 0.2) is 0 Å². The summed E-state index contributed by atoms with van der Waals surface area (Å²) in [7, 11) is 0. The van der Waals surface area contributed by atoms with E-state index in [1.54, 1.807) is 24.3 Å². The second-order valence-corrected chi connectivity index (χ2v) is 6.48. The number of benzene rings is 2. The van der Waals surface area contributed by atoms with Crippen LogP contribution in [0.25, 0.3) is 21.0 Å². The molecule has 0 aliphatic carbocycles. The average Bonchev–Trinajstić information content (AvgIpc) is 3.18. The highest BCUT2D eigenvalue weighted by atomic mass is 32.1. The van der Waals surface area contributed by atoms with Gasteiger partial charge in [0.1, 0.15) is 5.69 Å². The van der Waals surface area contributed by atoms with E-state index in [-0.39, 0.29) is 11.6 Å². The fourth-order valence-corrected chi connectivity index (χ4v) is 3.57. The molecule has 0 fully saturated rings. The molecule has 0 saturated heterocycles. The fourth-order valence-electron chi connectivity index (χ4n) is 2.61. The number of hydrogen-bond donors (Lipinski definition) is 3. The lowest BCUT2D eigenvalue weighted by molar-refractivity contribution is 0.0691. The Morgan fingerprint density at radius 3 is 2.62 bits per heavy atom. The number of anilines is 1. The second kappa shape index (κ2) is 5.50. The van der Waals surface area contributed by atoms with Crippen LogP contribution in [0.15, 0.2) is 54.6 Å². The van der Waals surface area contributed by atoms with Gasteiger partial charge in [0.05, 0.1) is 4.88 Å². The molecular formula is C18H12N2O3S. The molecule has 24 heavy (non-hydrogen) atoms. The summed E-state index contributed by atoms with van der Waals surface area (Å²) in [5.74, 6) is -1.19. The van der Waals surface area contributed by atoms with Crippen LogP contribution in [0.5, 0.6) is 0 Å². The topological polar surface area (TPSA) is 82.2 Å². The highest BCUT2D eigenvalue weighted by Gasteiger charge is 2.12. The third kappa shape index (κ3) is 2.53. The quantitative estimate of drug-likeness (QED) is 0.521. The number of H-pyrrole nitrogens is 1. The molecule has 3 N–H and O–H groups in total. The molecule has 0 bridgehead atoms. The first-order valence-electron chi connectivity index (χ1n) is 7.26. The molecule has 118 valence electrons. The summed E-state index contributed by atoms with van der Waals surface area (Å²) in [4.78, 5) is 26.9. The Morgan fingerprint density at radius 2 is 1.83 bits per heavy atom. The van der Waals surface area contributed by atoms with Crippen LogP contribution in [0.1, 0.15) is 20.2 Å². The first kappa shape index (κ1) is 14.5. The van der Waals surface area contributed by atoms with E-state index in [1.165, 1.54) is 11.3 Å². The summed E-state index contributed by atoms with van der Waals surface area (Å²) in [6.07, 6.45) is 0. The number of thiophene rings is 1. The van der Waals surface area contributed by atoms with E-state index in [0.717, 1.165) is 15.5 Å². The standard InChI is InChI=1S/C18H12N2O3S/c21-17(16-9-10-3-1-2-4-15(10)24-16)19-12-5-6-13-11(7-12)8-14(20-13)18(22)23/h1-9,20H,(H,19,21)(H,22,23). The Morgan fingerprint density at radius 1 is 1.00 bits per heavy atom. The van der Waals surface area contributed by atoms with Gasteiger partial charge in [-0.05, 0) is 41.8 Å². The predicted molar refractivity (Wildman–Crippen MR) is 95.0 cm³/mol. The normalized spacial score (nSPS) is 11.0. The van der Waals surface area contributed by atoms with Gasteiger partial charge in [0, 0.05) is 21.3 Å². The van der Waals surface area contributed by atoms with Crippen molar-refractivity contribution in [2.24, 2.45) is 0 Å². The van der Waals surface area contributed by atoms with Crippen molar-refractivity contribution in [1.29, 1.82) is 0 Å². The lowest BCUT2D eigenvalue weighted by atomic mass is 10.2. The Bertz CT molecular complexity index is 1060. The van der Waals surface area contributed by atoms with Crippen LogP contribution in [-0.2, 0) is 0 Å². The van der Waals surface area contributed by atoms with Crippen molar-refractivity contribution in [3.63, 3.8) is 0 Å². The minimum absolute atomic E-state index is 0.123. The smallest absolute Gasteiger partial charge is 0.352 e. The van der Waals surface area contributed by atoms with Gasteiger partial charge in [-0.15, -0.1) is 11.3 Å². The lowest BCUT2D eigenvalue weighted by Crippen LogP contribution is -2.09. The number of carbonyl (C=O) groups is 2. The van der Waals surface area contributed by atoms with Crippen molar-refractivity contribution < 1.29 is 14.7 Å². The number of aromatic carboxylic acids is 1. The molecule has 2 aromatic carbocycles. The van der Waals surface area contributed by atoms with Gasteiger partial charge in [0.25, 0.3) is 5.91 Å². The lowest BCUT2D eigenvalue weighted by Gasteiger charge is -2.03. The summed E-state index contributed by atoms with van der Waals surface area (Å²) >= 11 is 1.44. The number of aromatic nitrogens is 1. The summed E-state index contributed by atoms with van der Waals surface area (Å²) in [5, 5.41) is 13.7. The van der Waals surface area contributed by atoms with Crippen LogP contribution in [-0.4, -0.2) is 22.0 Å². The van der Waals surface area contributed by atoms with Gasteiger partial charge in [0.2, 0.25) is 0 Å². The van der Waals surface area contributed by atoms with Crippen LogP contribution in [0.3, 0.4) is 0 Å². The summed E-state index contributed by atoms with van der Waals surface area (Å²) in [6.45, 7) is 0. The number of amides is 1. The van der Waals surface area contributed by atoms with E-state index < -0.39 is 5.97 Å². The minimum atomic E-state index is -1.01. The number of carboxylic acid groups (broad SMARTS) is 1. The molecule has 1 amide bonds. The van der Waals surface area contributed by atoms with Gasteiger partial charge in [-0.25, -0.2) is 4.79 Å². The van der Waals surface area contributed by atoms with Crippen molar-refractivity contribution in [2.75, 3.05) is 5.32 Å². The number of carbonyl (C=O) groups excluding carboxylic acids is 1. The first-order valence-corrected chi connectivity index (χ1v) is 8.08. The Hall–Kier alpha value is -3.12. The molecule has 0 unspecified atom stereocenters. The monoisotopic (exact) mass is 336 g/mol. The van der Waals surface area contributed by atoms with Crippen molar-refractivity contribution in [3.05, 3.63) is 65.2 Å². The van der Waals surface area contributed by atoms with Crippen molar-refractivity contribution in [1.82, 2.24) is 4.98 Å². The number of rotatable bonds is 3. The molecule has 0 radical (unpaired) electrons. The van der Waals surface area contributed by atoms with Gasteiger partial charge >= 0.3 is 5.97 Å². The maximum Gasteiger partial charge on any atom is 0.352 e. The fraction of sp³-hybridized carbons (Fsp3) is 0. The molecule has 0 atom stereocenters. The third-order valence-corrected chi connectivity index (χ3v) is 4.87. The summed E-state index contributed by atoms with van der Waals surface area (Å²) in [5.41, 5.74) is 1.46. The van der Waals surface area contributed by atoms with Crippen LogP contribution < -0.4 is 5.32 Å². The van der Waals surface area contributed by atoms with Gasteiger partial charge < -0.3 is 15.4 Å². The maximum atomic E-state index is 12.4. The van der Waals surface area contributed by atoms with Crippen molar-refractivity contribution in [3.8, 4) is 0 Å². The van der Waals surface area contributed by atoms with Gasteiger partial charge in [-0.1, -0.05) is 18.2 Å². The first-order chi connectivity index (χ1) is 11.6. The van der Waals surface area contributed by atoms with Crippen molar-refractivity contribution >= 4 is 49.9 Å². The van der Waals surface area contributed by atoms with Crippen LogP contribution >= 0.6 is 11.3 Å². The third-order valence-electron chi connectivity index (χ3n) is 3.76. The molecule has 5 nitrogen and oxygen atoms in total. The molecule has 0 spiro atoms. The molecule has 2 aromatic heterocycles. The molecule has 2 heterocycles. The van der Waals surface area contributed by atoms with E-state index >= 15 is 0 Å². The average molecular weight is 336 g/mol. The Labute approximate surface area is 140 Å². The second-order valence-electron chi connectivity index (χ2n) is 5.39. The van der Waals surface area contributed by atoms with E-state index in [9.17, 15) is 9.59 Å².